The highest BCUT2D eigenvalue weighted by Crippen LogP contribution is 2.46. The Hall–Kier alpha value is -0.625. The van der Waals surface area contributed by atoms with Gasteiger partial charge in [-0.1, -0.05) is 12.8 Å². The molecule has 164 valence electrons. The predicted octanol–water partition coefficient (Wildman–Crippen LogP) is 1.47. The van der Waals surface area contributed by atoms with Crippen molar-refractivity contribution in [2.45, 2.75) is 63.6 Å². The van der Waals surface area contributed by atoms with Crippen LogP contribution in [0.15, 0.2) is 0 Å². The smallest absolute Gasteiger partial charge is 0.427 e. The first-order valence-electron chi connectivity index (χ1n) is 12.1. The lowest BCUT2D eigenvalue weighted by atomic mass is 9.53. The summed E-state index contributed by atoms with van der Waals surface area (Å²) in [5.74, 6) is 3.05. The Bertz CT molecular complexity index is 555. The molecule has 7 heteroatoms. The lowest BCUT2D eigenvalue weighted by Crippen LogP contribution is -2.50. The molecular formula is C22H40BN3O3. The van der Waals surface area contributed by atoms with E-state index >= 15 is 0 Å². The van der Waals surface area contributed by atoms with Crippen molar-refractivity contribution in [2.24, 2.45) is 41.2 Å². The lowest BCUT2D eigenvalue weighted by molar-refractivity contribution is -0.139. The molecule has 0 aromatic carbocycles. The standard InChI is InChI=1S/C22H40BN3O3/c24-13-15-2-1-3-17(10-15)16-5-8-26(9-6-16)22(27)19-11-18-4-7-25-14-20(18)21(12-19)23(28)29/h15-21,25,28-29H,1-14,24H2. The van der Waals surface area contributed by atoms with Gasteiger partial charge in [0.2, 0.25) is 5.91 Å². The minimum Gasteiger partial charge on any atom is -0.427 e. The second-order valence-electron chi connectivity index (χ2n) is 10.4. The first kappa shape index (κ1) is 21.6. The molecule has 2 heterocycles. The van der Waals surface area contributed by atoms with E-state index in [4.69, 9.17) is 5.73 Å². The third-order valence-corrected chi connectivity index (χ3v) is 8.78. The van der Waals surface area contributed by atoms with Crippen LogP contribution in [0.25, 0.3) is 0 Å². The molecule has 29 heavy (non-hydrogen) atoms. The van der Waals surface area contributed by atoms with E-state index in [0.29, 0.717) is 24.2 Å². The molecule has 4 aliphatic rings. The zero-order chi connectivity index (χ0) is 20.4. The SMILES string of the molecule is NCC1CCCC(C2CCN(C(=O)C3CC4CCNCC4C(B(O)O)C3)CC2)C1. The van der Waals surface area contributed by atoms with E-state index in [2.05, 4.69) is 10.2 Å². The van der Waals surface area contributed by atoms with Crippen molar-refractivity contribution >= 4 is 13.0 Å². The number of amides is 1. The number of nitrogens with two attached hydrogens (primary N) is 1. The maximum Gasteiger partial charge on any atom is 0.455 e. The summed E-state index contributed by atoms with van der Waals surface area (Å²) < 4.78 is 0. The molecule has 0 radical (unpaired) electrons. The Morgan fingerprint density at radius 1 is 1.00 bits per heavy atom. The summed E-state index contributed by atoms with van der Waals surface area (Å²) in [4.78, 5) is 15.4. The van der Waals surface area contributed by atoms with Gasteiger partial charge in [0.15, 0.2) is 0 Å². The van der Waals surface area contributed by atoms with E-state index < -0.39 is 7.12 Å². The maximum absolute atomic E-state index is 13.3. The molecule has 1 amide bonds. The Kier molecular flexibility index (Phi) is 7.20. The molecule has 6 unspecified atom stereocenters. The van der Waals surface area contributed by atoms with E-state index in [9.17, 15) is 14.8 Å². The fourth-order valence-electron chi connectivity index (χ4n) is 7.06. The Labute approximate surface area is 176 Å². The lowest BCUT2D eigenvalue weighted by Gasteiger charge is -2.46. The fourth-order valence-corrected chi connectivity index (χ4v) is 7.06. The van der Waals surface area contributed by atoms with Gasteiger partial charge in [-0.25, -0.2) is 0 Å². The quantitative estimate of drug-likeness (QED) is 0.531. The zero-order valence-electron chi connectivity index (χ0n) is 17.8. The van der Waals surface area contributed by atoms with Crippen molar-refractivity contribution in [1.29, 1.82) is 0 Å². The molecule has 0 aromatic rings. The van der Waals surface area contributed by atoms with Crippen molar-refractivity contribution in [3.05, 3.63) is 0 Å². The van der Waals surface area contributed by atoms with E-state index in [1.165, 1.54) is 25.7 Å². The number of hydrogen-bond donors (Lipinski definition) is 4. The van der Waals surface area contributed by atoms with Gasteiger partial charge in [0.25, 0.3) is 0 Å². The monoisotopic (exact) mass is 405 g/mol. The highest BCUT2D eigenvalue weighted by Gasteiger charge is 2.46. The van der Waals surface area contributed by atoms with E-state index in [1.807, 2.05) is 0 Å². The molecule has 6 nitrogen and oxygen atoms in total. The molecule has 2 saturated carbocycles. The third kappa shape index (κ3) is 4.84. The number of carbonyl (C=O) groups excluding carboxylic acids is 1. The first-order valence-corrected chi connectivity index (χ1v) is 12.1. The molecule has 2 saturated heterocycles. The summed E-state index contributed by atoms with van der Waals surface area (Å²) in [6.07, 6.45) is 10.1. The van der Waals surface area contributed by atoms with Crippen molar-refractivity contribution < 1.29 is 14.8 Å². The number of fused-ring (bicyclic) bond motifs is 1. The van der Waals surface area contributed by atoms with Gasteiger partial charge in [-0.2, -0.15) is 0 Å². The topological polar surface area (TPSA) is 98.8 Å². The Morgan fingerprint density at radius 2 is 1.79 bits per heavy atom. The van der Waals surface area contributed by atoms with Gasteiger partial charge in [0, 0.05) is 19.0 Å². The molecule has 2 aliphatic carbocycles. The summed E-state index contributed by atoms with van der Waals surface area (Å²) in [6, 6.07) is 0. The fraction of sp³-hybridized carbons (Fsp3) is 0.955. The molecule has 4 fully saturated rings. The number of carbonyl (C=O) groups is 1. The largest absolute Gasteiger partial charge is 0.455 e. The average Bonchev–Trinajstić information content (AvgIpc) is 2.78. The van der Waals surface area contributed by atoms with Crippen LogP contribution in [0, 0.1) is 35.5 Å². The molecule has 2 aliphatic heterocycles. The second-order valence-corrected chi connectivity index (χ2v) is 10.4. The van der Waals surface area contributed by atoms with E-state index in [1.54, 1.807) is 0 Å². The second kappa shape index (κ2) is 9.67. The summed E-state index contributed by atoms with van der Waals surface area (Å²) in [6.45, 7) is 4.42. The number of rotatable bonds is 4. The van der Waals surface area contributed by atoms with Crippen molar-refractivity contribution in [3.8, 4) is 0 Å². The van der Waals surface area contributed by atoms with Gasteiger partial charge in [0.05, 0.1) is 0 Å². The molecule has 0 aromatic heterocycles. The minimum absolute atomic E-state index is 0.0333. The Morgan fingerprint density at radius 3 is 2.52 bits per heavy atom. The van der Waals surface area contributed by atoms with Gasteiger partial charge >= 0.3 is 7.12 Å². The first-order chi connectivity index (χ1) is 14.1. The molecule has 0 spiro atoms. The van der Waals surface area contributed by atoms with Crippen LogP contribution in [0.2, 0.25) is 5.82 Å². The normalized spacial score (nSPS) is 39.1. The molecule has 6 atom stereocenters. The number of nitrogens with one attached hydrogen (secondary N) is 1. The number of piperidine rings is 2. The summed E-state index contributed by atoms with van der Waals surface area (Å²) >= 11 is 0. The summed E-state index contributed by atoms with van der Waals surface area (Å²) in [5, 5.41) is 23.3. The summed E-state index contributed by atoms with van der Waals surface area (Å²) in [5.41, 5.74) is 5.93. The van der Waals surface area contributed by atoms with E-state index in [0.717, 1.165) is 70.2 Å². The van der Waals surface area contributed by atoms with Crippen LogP contribution < -0.4 is 11.1 Å². The van der Waals surface area contributed by atoms with E-state index in [-0.39, 0.29) is 17.6 Å². The van der Waals surface area contributed by atoms with Gasteiger partial charge in [-0.15, -0.1) is 0 Å². The molecule has 5 N–H and O–H groups in total. The van der Waals surface area contributed by atoms with Crippen LogP contribution in [0.4, 0.5) is 0 Å². The van der Waals surface area contributed by atoms with Crippen LogP contribution in [0.5, 0.6) is 0 Å². The van der Waals surface area contributed by atoms with Crippen LogP contribution in [-0.4, -0.2) is 60.7 Å². The number of nitrogens with zero attached hydrogens (tertiary/aromatic N) is 1. The van der Waals surface area contributed by atoms with Crippen molar-refractivity contribution in [1.82, 2.24) is 10.2 Å². The van der Waals surface area contributed by atoms with Crippen LogP contribution >= 0.6 is 0 Å². The molecule has 4 rings (SSSR count). The zero-order valence-corrected chi connectivity index (χ0v) is 17.8. The highest BCUT2D eigenvalue weighted by atomic mass is 16.4. The molecular weight excluding hydrogens is 365 g/mol. The third-order valence-electron chi connectivity index (χ3n) is 8.78. The van der Waals surface area contributed by atoms with Crippen LogP contribution in [-0.2, 0) is 4.79 Å². The average molecular weight is 405 g/mol. The highest BCUT2D eigenvalue weighted by molar-refractivity contribution is 6.43. The predicted molar refractivity (Wildman–Crippen MR) is 115 cm³/mol. The number of likely N-dealkylation sites (tertiary alicyclic amines) is 1. The van der Waals surface area contributed by atoms with Crippen molar-refractivity contribution in [3.63, 3.8) is 0 Å². The maximum atomic E-state index is 13.3. The van der Waals surface area contributed by atoms with Crippen LogP contribution in [0.3, 0.4) is 0 Å². The minimum atomic E-state index is -1.31. The Balaban J connectivity index is 1.32. The van der Waals surface area contributed by atoms with Crippen LogP contribution in [0.1, 0.15) is 57.8 Å². The molecule has 0 bridgehead atoms. The van der Waals surface area contributed by atoms with Crippen molar-refractivity contribution in [2.75, 3.05) is 32.7 Å². The van der Waals surface area contributed by atoms with Gasteiger partial charge in [-0.05, 0) is 100.0 Å². The van der Waals surface area contributed by atoms with Gasteiger partial charge < -0.3 is 26.0 Å². The van der Waals surface area contributed by atoms with Gasteiger partial charge in [0.1, 0.15) is 0 Å². The number of hydrogen-bond acceptors (Lipinski definition) is 5. The summed E-state index contributed by atoms with van der Waals surface area (Å²) in [7, 11) is -1.31. The van der Waals surface area contributed by atoms with Gasteiger partial charge in [-0.3, -0.25) is 4.79 Å².